The Morgan fingerprint density at radius 1 is 1.42 bits per heavy atom. The third-order valence-corrected chi connectivity index (χ3v) is 3.38. The van der Waals surface area contributed by atoms with Crippen molar-refractivity contribution in [3.8, 4) is 0 Å². The number of halogens is 1. The Balaban J connectivity index is 2.99. The van der Waals surface area contributed by atoms with Gasteiger partial charge in [0.2, 0.25) is 0 Å². The molecule has 0 heterocycles. The minimum atomic E-state index is -0.452. The maximum absolute atomic E-state index is 12.3. The molecule has 0 aliphatic heterocycles. The van der Waals surface area contributed by atoms with Crippen molar-refractivity contribution in [2.75, 3.05) is 19.4 Å². The van der Waals surface area contributed by atoms with E-state index in [1.54, 1.807) is 18.2 Å². The second kappa shape index (κ2) is 6.56. The predicted octanol–water partition coefficient (Wildman–Crippen LogP) is 2.05. The topological polar surface area (TPSA) is 72.6 Å². The molecule has 0 aliphatic rings. The van der Waals surface area contributed by atoms with Crippen molar-refractivity contribution in [2.45, 2.75) is 19.9 Å². The summed E-state index contributed by atoms with van der Waals surface area (Å²) in [5, 5.41) is 0. The van der Waals surface area contributed by atoms with Gasteiger partial charge in [0.25, 0.3) is 5.91 Å². The van der Waals surface area contributed by atoms with Crippen LogP contribution in [0.2, 0.25) is 0 Å². The molecule has 2 N–H and O–H groups in total. The molecule has 0 aliphatic carbocycles. The summed E-state index contributed by atoms with van der Waals surface area (Å²) in [4.78, 5) is 25.1. The molecule has 0 saturated heterocycles. The van der Waals surface area contributed by atoms with Gasteiger partial charge in [0.1, 0.15) is 6.54 Å². The zero-order chi connectivity index (χ0) is 14.6. The second-order valence-corrected chi connectivity index (χ2v) is 5.19. The Hall–Kier alpha value is -1.56. The number of methoxy groups -OCH3 is 1. The van der Waals surface area contributed by atoms with Gasteiger partial charge in [-0.15, -0.1) is 0 Å². The van der Waals surface area contributed by atoms with E-state index >= 15 is 0 Å². The Morgan fingerprint density at radius 2 is 2.05 bits per heavy atom. The van der Waals surface area contributed by atoms with Gasteiger partial charge in [-0.2, -0.15) is 0 Å². The first kappa shape index (κ1) is 15.5. The average molecular weight is 329 g/mol. The number of carbonyl (C=O) groups excluding carboxylic acids is 2. The number of anilines is 1. The molecule has 19 heavy (non-hydrogen) atoms. The van der Waals surface area contributed by atoms with E-state index in [-0.39, 0.29) is 18.5 Å². The largest absolute Gasteiger partial charge is 0.468 e. The molecular weight excluding hydrogens is 312 g/mol. The molecule has 0 bridgehead atoms. The average Bonchev–Trinajstić information content (AvgIpc) is 2.37. The summed E-state index contributed by atoms with van der Waals surface area (Å²) in [7, 11) is 1.29. The lowest BCUT2D eigenvalue weighted by atomic mass is 10.1. The molecule has 0 saturated carbocycles. The van der Waals surface area contributed by atoms with E-state index in [1.807, 2.05) is 13.8 Å². The van der Waals surface area contributed by atoms with Crippen LogP contribution < -0.4 is 5.73 Å². The number of nitrogen functional groups attached to an aromatic ring is 1. The van der Waals surface area contributed by atoms with E-state index in [1.165, 1.54) is 12.0 Å². The van der Waals surface area contributed by atoms with Gasteiger partial charge in [-0.05, 0) is 48.0 Å². The molecule has 104 valence electrons. The molecule has 0 aromatic heterocycles. The van der Waals surface area contributed by atoms with Crippen LogP contribution in [0, 0.1) is 0 Å². The van der Waals surface area contributed by atoms with Crippen LogP contribution in [0.5, 0.6) is 0 Å². The molecule has 6 heteroatoms. The zero-order valence-corrected chi connectivity index (χ0v) is 12.7. The second-order valence-electron chi connectivity index (χ2n) is 4.34. The first-order valence-electron chi connectivity index (χ1n) is 5.79. The summed E-state index contributed by atoms with van der Waals surface area (Å²) in [5.74, 6) is -0.702. The fourth-order valence-electron chi connectivity index (χ4n) is 1.54. The normalized spacial score (nSPS) is 10.4. The third-order valence-electron chi connectivity index (χ3n) is 2.65. The van der Waals surface area contributed by atoms with Gasteiger partial charge in [-0.1, -0.05) is 0 Å². The number of rotatable bonds is 4. The number of amides is 1. The number of nitrogens with two attached hydrogens (primary N) is 1. The summed E-state index contributed by atoms with van der Waals surface area (Å²) in [5.41, 5.74) is 6.68. The minimum absolute atomic E-state index is 0.0804. The number of esters is 1. The van der Waals surface area contributed by atoms with Crippen molar-refractivity contribution in [1.29, 1.82) is 0 Å². The maximum Gasteiger partial charge on any atom is 0.325 e. The first-order valence-corrected chi connectivity index (χ1v) is 6.59. The highest BCUT2D eigenvalue weighted by molar-refractivity contribution is 9.10. The van der Waals surface area contributed by atoms with Gasteiger partial charge in [-0.3, -0.25) is 9.59 Å². The van der Waals surface area contributed by atoms with E-state index in [4.69, 9.17) is 5.73 Å². The first-order chi connectivity index (χ1) is 8.86. The van der Waals surface area contributed by atoms with Crippen LogP contribution in [0.15, 0.2) is 22.7 Å². The van der Waals surface area contributed by atoms with E-state index in [2.05, 4.69) is 20.7 Å². The summed E-state index contributed by atoms with van der Waals surface area (Å²) in [6.45, 7) is 3.59. The van der Waals surface area contributed by atoms with Crippen LogP contribution in [0.4, 0.5) is 5.69 Å². The number of nitrogens with zero attached hydrogens (tertiary/aromatic N) is 1. The molecule has 0 fully saturated rings. The minimum Gasteiger partial charge on any atom is -0.468 e. The Morgan fingerprint density at radius 3 is 2.53 bits per heavy atom. The summed E-state index contributed by atoms with van der Waals surface area (Å²) in [6.07, 6.45) is 0. The van der Waals surface area contributed by atoms with Crippen LogP contribution >= 0.6 is 15.9 Å². The van der Waals surface area contributed by atoms with Crippen molar-refractivity contribution in [1.82, 2.24) is 4.90 Å². The van der Waals surface area contributed by atoms with Gasteiger partial charge >= 0.3 is 5.97 Å². The Labute approximate surface area is 120 Å². The highest BCUT2D eigenvalue weighted by Crippen LogP contribution is 2.21. The summed E-state index contributed by atoms with van der Waals surface area (Å²) >= 11 is 3.27. The summed E-state index contributed by atoms with van der Waals surface area (Å²) in [6, 6.07) is 4.84. The van der Waals surface area contributed by atoms with Crippen molar-refractivity contribution in [3.63, 3.8) is 0 Å². The molecule has 0 atom stereocenters. The molecular formula is C13H17BrN2O3. The molecule has 1 aromatic rings. The fraction of sp³-hybridized carbons (Fsp3) is 0.385. The van der Waals surface area contributed by atoms with Crippen LogP contribution in [0.1, 0.15) is 24.2 Å². The molecule has 1 aromatic carbocycles. The van der Waals surface area contributed by atoms with Crippen LogP contribution in [0.25, 0.3) is 0 Å². The Bertz CT molecular complexity index is 489. The van der Waals surface area contributed by atoms with Crippen molar-refractivity contribution >= 4 is 33.5 Å². The van der Waals surface area contributed by atoms with E-state index in [0.717, 1.165) is 4.47 Å². The lowest BCUT2D eigenvalue weighted by Crippen LogP contribution is -2.41. The Kier molecular flexibility index (Phi) is 5.35. The van der Waals surface area contributed by atoms with E-state index in [9.17, 15) is 9.59 Å². The quantitative estimate of drug-likeness (QED) is 0.678. The van der Waals surface area contributed by atoms with E-state index in [0.29, 0.717) is 11.3 Å². The van der Waals surface area contributed by atoms with Gasteiger partial charge < -0.3 is 15.4 Å². The third kappa shape index (κ3) is 3.96. The van der Waals surface area contributed by atoms with Crippen LogP contribution in [-0.2, 0) is 9.53 Å². The lowest BCUT2D eigenvalue weighted by molar-refractivity contribution is -0.141. The fourth-order valence-corrected chi connectivity index (χ4v) is 1.78. The molecule has 0 spiro atoms. The number of ether oxygens (including phenoxy) is 1. The van der Waals surface area contributed by atoms with Gasteiger partial charge in [-0.25, -0.2) is 0 Å². The number of carbonyl (C=O) groups is 2. The molecule has 0 radical (unpaired) electrons. The number of hydrogen-bond acceptors (Lipinski definition) is 4. The SMILES string of the molecule is COC(=O)CN(C(=O)c1ccc(Br)c(N)c1)C(C)C. The maximum atomic E-state index is 12.3. The molecule has 0 unspecified atom stereocenters. The number of benzene rings is 1. The van der Waals surface area contributed by atoms with Gasteiger partial charge in [0.05, 0.1) is 7.11 Å². The van der Waals surface area contributed by atoms with E-state index < -0.39 is 5.97 Å². The van der Waals surface area contributed by atoms with Crippen LogP contribution in [0.3, 0.4) is 0 Å². The molecule has 1 rings (SSSR count). The standard InChI is InChI=1S/C13H17BrN2O3/c1-8(2)16(7-12(17)19-3)13(18)9-4-5-10(14)11(15)6-9/h4-6,8H,7,15H2,1-3H3. The van der Waals surface area contributed by atoms with Crippen molar-refractivity contribution in [3.05, 3.63) is 28.2 Å². The highest BCUT2D eigenvalue weighted by Gasteiger charge is 2.22. The van der Waals surface area contributed by atoms with Crippen molar-refractivity contribution in [2.24, 2.45) is 0 Å². The predicted molar refractivity (Wildman–Crippen MR) is 76.7 cm³/mol. The smallest absolute Gasteiger partial charge is 0.325 e. The van der Waals surface area contributed by atoms with Crippen LogP contribution in [-0.4, -0.2) is 36.5 Å². The van der Waals surface area contributed by atoms with Gasteiger partial charge in [0, 0.05) is 21.8 Å². The molecule has 5 nitrogen and oxygen atoms in total. The zero-order valence-electron chi connectivity index (χ0n) is 11.1. The van der Waals surface area contributed by atoms with Gasteiger partial charge in [0.15, 0.2) is 0 Å². The monoisotopic (exact) mass is 328 g/mol. The molecule has 1 amide bonds. The lowest BCUT2D eigenvalue weighted by Gasteiger charge is -2.25. The summed E-state index contributed by atoms with van der Waals surface area (Å²) < 4.78 is 5.32. The van der Waals surface area contributed by atoms with Crippen molar-refractivity contribution < 1.29 is 14.3 Å². The number of hydrogen-bond donors (Lipinski definition) is 1. The highest BCUT2D eigenvalue weighted by atomic mass is 79.9.